The molecule has 3 rings (SSSR count). The number of benzene rings is 2. The van der Waals surface area contributed by atoms with Crippen molar-refractivity contribution in [3.63, 3.8) is 0 Å². The quantitative estimate of drug-likeness (QED) is 0.644. The van der Waals surface area contributed by atoms with E-state index in [1.54, 1.807) is 31.2 Å². The minimum absolute atomic E-state index is 0.483. The lowest BCUT2D eigenvalue weighted by molar-refractivity contribution is 0.276. The summed E-state index contributed by atoms with van der Waals surface area (Å²) in [6.07, 6.45) is -0.483. The second-order valence-corrected chi connectivity index (χ2v) is 5.86. The highest BCUT2D eigenvalue weighted by atomic mass is 79.9. The molecule has 0 aliphatic rings. The smallest absolute Gasteiger partial charge is 0.219 e. The first-order valence-corrected chi connectivity index (χ1v) is 7.84. The Morgan fingerprint density at radius 1 is 1.04 bits per heavy atom. The summed E-state index contributed by atoms with van der Waals surface area (Å²) in [7, 11) is 0. The van der Waals surface area contributed by atoms with Gasteiger partial charge in [0.25, 0.3) is 0 Å². The Hall–Kier alpha value is -2.58. The van der Waals surface area contributed by atoms with E-state index < -0.39 is 6.10 Å². The predicted molar refractivity (Wildman–Crippen MR) is 91.7 cm³/mol. The van der Waals surface area contributed by atoms with Gasteiger partial charge in [0.15, 0.2) is 6.10 Å². The standard InChI is InChI=1S/C18H13BrN2O2/c1-12(11-20)22-15-4-6-16(7-5-15)23-18-9-2-13-10-14(19)3-8-17(13)21-18/h2-10,12H,1H3. The zero-order valence-corrected chi connectivity index (χ0v) is 13.9. The van der Waals surface area contributed by atoms with Gasteiger partial charge in [-0.15, -0.1) is 0 Å². The summed E-state index contributed by atoms with van der Waals surface area (Å²) in [5, 5.41) is 9.78. The van der Waals surface area contributed by atoms with E-state index in [2.05, 4.69) is 20.9 Å². The largest absolute Gasteiger partial charge is 0.476 e. The number of hydrogen-bond acceptors (Lipinski definition) is 4. The molecule has 3 aromatic rings. The van der Waals surface area contributed by atoms with Gasteiger partial charge in [-0.25, -0.2) is 4.98 Å². The Bertz CT molecular complexity index is 872. The van der Waals surface area contributed by atoms with Gasteiger partial charge in [-0.2, -0.15) is 5.26 Å². The molecule has 0 aliphatic carbocycles. The number of rotatable bonds is 4. The number of halogens is 1. The van der Waals surface area contributed by atoms with E-state index in [-0.39, 0.29) is 0 Å². The molecule has 0 aliphatic heterocycles. The highest BCUT2D eigenvalue weighted by molar-refractivity contribution is 9.10. The molecule has 2 aromatic carbocycles. The van der Waals surface area contributed by atoms with Crippen molar-refractivity contribution in [3.8, 4) is 23.4 Å². The summed E-state index contributed by atoms with van der Waals surface area (Å²) in [6.45, 7) is 1.70. The second-order valence-electron chi connectivity index (χ2n) is 4.95. The van der Waals surface area contributed by atoms with Gasteiger partial charge in [0.05, 0.1) is 5.52 Å². The van der Waals surface area contributed by atoms with E-state index in [0.29, 0.717) is 17.4 Å². The third-order valence-corrected chi connectivity index (χ3v) is 3.66. The molecule has 0 amide bonds. The van der Waals surface area contributed by atoms with Crippen LogP contribution in [-0.2, 0) is 0 Å². The van der Waals surface area contributed by atoms with Crippen molar-refractivity contribution >= 4 is 26.8 Å². The fourth-order valence-electron chi connectivity index (χ4n) is 2.07. The summed E-state index contributed by atoms with van der Waals surface area (Å²) in [5.74, 6) is 1.81. The molecule has 114 valence electrons. The summed E-state index contributed by atoms with van der Waals surface area (Å²) in [5.41, 5.74) is 0.869. The Morgan fingerprint density at radius 2 is 1.78 bits per heavy atom. The molecule has 1 unspecified atom stereocenters. The molecule has 1 atom stereocenters. The van der Waals surface area contributed by atoms with Gasteiger partial charge in [0.1, 0.15) is 17.6 Å². The molecule has 0 saturated heterocycles. The average molecular weight is 369 g/mol. The van der Waals surface area contributed by atoms with Crippen LogP contribution in [0.5, 0.6) is 17.4 Å². The van der Waals surface area contributed by atoms with Crippen LogP contribution in [0.25, 0.3) is 10.9 Å². The lowest BCUT2D eigenvalue weighted by atomic mass is 10.2. The maximum Gasteiger partial charge on any atom is 0.219 e. The molecule has 0 bridgehead atoms. The topological polar surface area (TPSA) is 55.1 Å². The third kappa shape index (κ3) is 3.79. The molecule has 1 heterocycles. The molecular formula is C18H13BrN2O2. The fourth-order valence-corrected chi connectivity index (χ4v) is 2.45. The van der Waals surface area contributed by atoms with Crippen molar-refractivity contribution in [2.75, 3.05) is 0 Å². The summed E-state index contributed by atoms with van der Waals surface area (Å²) < 4.78 is 12.2. The van der Waals surface area contributed by atoms with Gasteiger partial charge < -0.3 is 9.47 Å². The van der Waals surface area contributed by atoms with Gasteiger partial charge in [0.2, 0.25) is 5.88 Å². The number of nitriles is 1. The molecule has 0 radical (unpaired) electrons. The molecule has 4 nitrogen and oxygen atoms in total. The van der Waals surface area contributed by atoms with Crippen LogP contribution in [-0.4, -0.2) is 11.1 Å². The Balaban J connectivity index is 1.76. The average Bonchev–Trinajstić information content (AvgIpc) is 2.56. The molecule has 0 saturated carbocycles. The molecule has 0 spiro atoms. The number of pyridine rings is 1. The lowest BCUT2D eigenvalue weighted by Crippen LogP contribution is -2.07. The van der Waals surface area contributed by atoms with Crippen LogP contribution in [0.1, 0.15) is 6.92 Å². The van der Waals surface area contributed by atoms with Crippen LogP contribution in [0.4, 0.5) is 0 Å². The third-order valence-electron chi connectivity index (χ3n) is 3.17. The molecule has 1 aromatic heterocycles. The van der Waals surface area contributed by atoms with Crippen LogP contribution in [0.3, 0.4) is 0 Å². The molecule has 5 heteroatoms. The minimum Gasteiger partial charge on any atom is -0.476 e. The predicted octanol–water partition coefficient (Wildman–Crippen LogP) is 5.08. The van der Waals surface area contributed by atoms with Crippen LogP contribution >= 0.6 is 15.9 Å². The van der Waals surface area contributed by atoms with Crippen molar-refractivity contribution in [3.05, 3.63) is 59.1 Å². The van der Waals surface area contributed by atoms with E-state index in [4.69, 9.17) is 14.7 Å². The number of aromatic nitrogens is 1. The molecule has 0 fully saturated rings. The van der Waals surface area contributed by atoms with E-state index in [1.165, 1.54) is 0 Å². The maximum absolute atomic E-state index is 8.74. The van der Waals surface area contributed by atoms with Crippen molar-refractivity contribution in [2.45, 2.75) is 13.0 Å². The first-order chi connectivity index (χ1) is 11.1. The Morgan fingerprint density at radius 3 is 2.52 bits per heavy atom. The van der Waals surface area contributed by atoms with E-state index >= 15 is 0 Å². The van der Waals surface area contributed by atoms with Crippen LogP contribution < -0.4 is 9.47 Å². The Kier molecular flexibility index (Phi) is 4.45. The van der Waals surface area contributed by atoms with Crippen LogP contribution in [0.2, 0.25) is 0 Å². The molecular weight excluding hydrogens is 356 g/mol. The lowest BCUT2D eigenvalue weighted by Gasteiger charge is -2.09. The summed E-state index contributed by atoms with van der Waals surface area (Å²) >= 11 is 3.44. The zero-order chi connectivity index (χ0) is 16.2. The van der Waals surface area contributed by atoms with E-state index in [9.17, 15) is 0 Å². The van der Waals surface area contributed by atoms with Crippen molar-refractivity contribution in [2.24, 2.45) is 0 Å². The number of ether oxygens (including phenoxy) is 2. The minimum atomic E-state index is -0.483. The maximum atomic E-state index is 8.74. The van der Waals surface area contributed by atoms with Crippen molar-refractivity contribution < 1.29 is 9.47 Å². The van der Waals surface area contributed by atoms with Crippen LogP contribution in [0, 0.1) is 11.3 Å². The summed E-state index contributed by atoms with van der Waals surface area (Å²) in [4.78, 5) is 4.48. The van der Waals surface area contributed by atoms with Crippen LogP contribution in [0.15, 0.2) is 59.1 Å². The SMILES string of the molecule is CC(C#N)Oc1ccc(Oc2ccc3cc(Br)ccc3n2)cc1. The zero-order valence-electron chi connectivity index (χ0n) is 12.4. The molecule has 0 N–H and O–H groups in total. The normalized spacial score (nSPS) is 11.7. The number of fused-ring (bicyclic) bond motifs is 1. The first-order valence-electron chi connectivity index (χ1n) is 7.04. The monoisotopic (exact) mass is 368 g/mol. The van der Waals surface area contributed by atoms with Gasteiger partial charge in [-0.05, 0) is 55.5 Å². The number of nitrogens with zero attached hydrogens (tertiary/aromatic N) is 2. The molecule has 23 heavy (non-hydrogen) atoms. The second kappa shape index (κ2) is 6.67. The first kappa shape index (κ1) is 15.3. The Labute approximate surface area is 142 Å². The van der Waals surface area contributed by atoms with Crippen molar-refractivity contribution in [1.29, 1.82) is 5.26 Å². The van der Waals surface area contributed by atoms with Crippen molar-refractivity contribution in [1.82, 2.24) is 4.98 Å². The van der Waals surface area contributed by atoms with E-state index in [0.717, 1.165) is 15.4 Å². The van der Waals surface area contributed by atoms with Gasteiger partial charge in [0, 0.05) is 15.9 Å². The highest BCUT2D eigenvalue weighted by Gasteiger charge is 2.04. The fraction of sp³-hybridized carbons (Fsp3) is 0.111. The summed E-state index contributed by atoms with van der Waals surface area (Å²) in [6, 6.07) is 18.8. The van der Waals surface area contributed by atoms with Gasteiger partial charge >= 0.3 is 0 Å². The number of hydrogen-bond donors (Lipinski definition) is 0. The van der Waals surface area contributed by atoms with Gasteiger partial charge in [-0.3, -0.25) is 0 Å². The van der Waals surface area contributed by atoms with Gasteiger partial charge in [-0.1, -0.05) is 15.9 Å². The highest BCUT2D eigenvalue weighted by Crippen LogP contribution is 2.26. The van der Waals surface area contributed by atoms with E-state index in [1.807, 2.05) is 36.4 Å².